The van der Waals surface area contributed by atoms with Gasteiger partial charge in [0.05, 0.1) is 22.1 Å². The van der Waals surface area contributed by atoms with Gasteiger partial charge in [0.2, 0.25) is 0 Å². The first-order valence-electron chi connectivity index (χ1n) is 9.88. The molecule has 0 atom stereocenters. The molecule has 0 unspecified atom stereocenters. The van der Waals surface area contributed by atoms with E-state index in [9.17, 15) is 14.9 Å². The van der Waals surface area contributed by atoms with Crippen LogP contribution in [0.4, 0.5) is 5.69 Å². The van der Waals surface area contributed by atoms with Gasteiger partial charge in [-0.25, -0.2) is 0 Å². The van der Waals surface area contributed by atoms with Crippen LogP contribution in [0.25, 0.3) is 11.1 Å². The van der Waals surface area contributed by atoms with Crippen LogP contribution >= 0.6 is 11.6 Å². The molecule has 0 aliphatic rings. The molecule has 1 heterocycles. The summed E-state index contributed by atoms with van der Waals surface area (Å²) in [4.78, 5) is 22.9. The van der Waals surface area contributed by atoms with Crippen LogP contribution in [0, 0.1) is 10.1 Å². The lowest BCUT2D eigenvalue weighted by Gasteiger charge is -2.12. The van der Waals surface area contributed by atoms with E-state index in [4.69, 9.17) is 11.6 Å². The number of rotatable bonds is 7. The number of hydrogen-bond acceptors (Lipinski definition) is 4. The molecule has 4 rings (SSSR count). The lowest BCUT2D eigenvalue weighted by atomic mass is 9.98. The summed E-state index contributed by atoms with van der Waals surface area (Å²) in [6.07, 6.45) is 3.67. The summed E-state index contributed by atoms with van der Waals surface area (Å²) in [5, 5.41) is 18.0. The fourth-order valence-corrected chi connectivity index (χ4v) is 3.66. The van der Waals surface area contributed by atoms with Gasteiger partial charge in [-0.2, -0.15) is 5.10 Å². The number of aromatic nitrogens is 2. The van der Waals surface area contributed by atoms with Crippen molar-refractivity contribution >= 4 is 23.2 Å². The van der Waals surface area contributed by atoms with Crippen molar-refractivity contribution in [2.24, 2.45) is 0 Å². The van der Waals surface area contributed by atoms with Gasteiger partial charge in [-0.3, -0.25) is 19.6 Å². The second-order valence-electron chi connectivity index (χ2n) is 7.16. The van der Waals surface area contributed by atoms with Crippen molar-refractivity contribution in [3.8, 4) is 11.1 Å². The van der Waals surface area contributed by atoms with E-state index in [0.717, 1.165) is 22.3 Å². The van der Waals surface area contributed by atoms with Crippen molar-refractivity contribution in [3.05, 3.63) is 117 Å². The number of nitro benzene ring substituents is 1. The summed E-state index contributed by atoms with van der Waals surface area (Å²) >= 11 is 6.07. The highest BCUT2D eigenvalue weighted by Gasteiger charge is 2.15. The van der Waals surface area contributed by atoms with E-state index in [1.807, 2.05) is 53.3 Å². The number of benzene rings is 3. The molecule has 0 spiro atoms. The Morgan fingerprint density at radius 3 is 2.53 bits per heavy atom. The minimum Gasteiger partial charge on any atom is -0.348 e. The number of amides is 1. The predicted octanol–water partition coefficient (Wildman–Crippen LogP) is 5.09. The average Bonchev–Trinajstić information content (AvgIpc) is 3.31. The van der Waals surface area contributed by atoms with Gasteiger partial charge >= 0.3 is 0 Å². The van der Waals surface area contributed by atoms with Gasteiger partial charge in [0.25, 0.3) is 11.6 Å². The van der Waals surface area contributed by atoms with Crippen molar-refractivity contribution < 1.29 is 9.72 Å². The normalized spacial score (nSPS) is 10.7. The fraction of sp³-hybridized carbons (Fsp3) is 0.0833. The van der Waals surface area contributed by atoms with Gasteiger partial charge in [0, 0.05) is 31.1 Å². The highest BCUT2D eigenvalue weighted by Crippen LogP contribution is 2.25. The number of halogens is 1. The molecule has 0 aliphatic heterocycles. The smallest absolute Gasteiger partial charge is 0.270 e. The maximum atomic E-state index is 12.6. The molecule has 160 valence electrons. The molecular weight excluding hydrogens is 428 g/mol. The van der Waals surface area contributed by atoms with E-state index in [0.29, 0.717) is 6.54 Å². The first-order chi connectivity index (χ1) is 15.5. The van der Waals surface area contributed by atoms with Crippen molar-refractivity contribution in [1.82, 2.24) is 15.1 Å². The molecule has 1 amide bonds. The summed E-state index contributed by atoms with van der Waals surface area (Å²) in [6.45, 7) is 0.984. The molecule has 1 aromatic heterocycles. The van der Waals surface area contributed by atoms with Crippen LogP contribution in [0.2, 0.25) is 5.02 Å². The second kappa shape index (κ2) is 9.45. The molecule has 3 aromatic carbocycles. The van der Waals surface area contributed by atoms with Gasteiger partial charge < -0.3 is 5.32 Å². The number of carbonyl (C=O) groups excluding carboxylic acids is 1. The van der Waals surface area contributed by atoms with Crippen LogP contribution in [-0.2, 0) is 13.1 Å². The van der Waals surface area contributed by atoms with Crippen molar-refractivity contribution in [1.29, 1.82) is 0 Å². The highest BCUT2D eigenvalue weighted by molar-refractivity contribution is 6.34. The predicted molar refractivity (Wildman–Crippen MR) is 122 cm³/mol. The van der Waals surface area contributed by atoms with Crippen LogP contribution in [0.1, 0.15) is 21.5 Å². The fourth-order valence-electron chi connectivity index (χ4n) is 3.40. The SMILES string of the molecule is O=C(NCc1ccccc1-c1ccc(Cn2cccn2)cc1)c1ccc([N+](=O)[O-])cc1Cl. The Morgan fingerprint density at radius 2 is 1.84 bits per heavy atom. The van der Waals surface area contributed by atoms with Crippen LogP contribution in [0.15, 0.2) is 85.2 Å². The Bertz CT molecular complexity index is 1250. The van der Waals surface area contributed by atoms with Crippen molar-refractivity contribution in [2.45, 2.75) is 13.1 Å². The Morgan fingerprint density at radius 1 is 1.06 bits per heavy atom. The lowest BCUT2D eigenvalue weighted by molar-refractivity contribution is -0.384. The molecule has 7 nitrogen and oxygen atoms in total. The van der Waals surface area contributed by atoms with Gasteiger partial charge in [0.15, 0.2) is 0 Å². The Labute approximate surface area is 189 Å². The van der Waals surface area contributed by atoms with Crippen molar-refractivity contribution in [3.63, 3.8) is 0 Å². The monoisotopic (exact) mass is 446 g/mol. The Kier molecular flexibility index (Phi) is 6.28. The summed E-state index contributed by atoms with van der Waals surface area (Å²) in [7, 11) is 0. The van der Waals surface area contributed by atoms with E-state index < -0.39 is 10.8 Å². The number of non-ortho nitro benzene ring substituents is 1. The molecule has 0 fully saturated rings. The number of carbonyl (C=O) groups is 1. The average molecular weight is 447 g/mol. The van der Waals surface area contributed by atoms with E-state index in [2.05, 4.69) is 22.5 Å². The molecule has 1 N–H and O–H groups in total. The van der Waals surface area contributed by atoms with E-state index in [1.165, 1.54) is 18.2 Å². The zero-order valence-electron chi connectivity index (χ0n) is 16.9. The van der Waals surface area contributed by atoms with E-state index in [-0.39, 0.29) is 22.8 Å². The van der Waals surface area contributed by atoms with Crippen LogP contribution in [0.3, 0.4) is 0 Å². The molecule has 32 heavy (non-hydrogen) atoms. The van der Waals surface area contributed by atoms with Crippen LogP contribution in [0.5, 0.6) is 0 Å². The molecule has 8 heteroatoms. The van der Waals surface area contributed by atoms with Gasteiger partial charge in [-0.15, -0.1) is 0 Å². The highest BCUT2D eigenvalue weighted by atomic mass is 35.5. The Hall–Kier alpha value is -3.97. The molecule has 0 saturated carbocycles. The second-order valence-corrected chi connectivity index (χ2v) is 7.57. The number of hydrogen-bond donors (Lipinski definition) is 1. The lowest BCUT2D eigenvalue weighted by Crippen LogP contribution is -2.23. The van der Waals surface area contributed by atoms with Crippen LogP contribution in [-0.4, -0.2) is 20.6 Å². The third-order valence-electron chi connectivity index (χ3n) is 5.03. The third kappa shape index (κ3) is 4.84. The molecular formula is C24H19ClN4O3. The number of nitro groups is 1. The largest absolute Gasteiger partial charge is 0.348 e. The molecule has 0 radical (unpaired) electrons. The first-order valence-corrected chi connectivity index (χ1v) is 10.3. The minimum atomic E-state index is -0.551. The number of nitrogens with zero attached hydrogens (tertiary/aromatic N) is 3. The van der Waals surface area contributed by atoms with E-state index >= 15 is 0 Å². The molecule has 0 bridgehead atoms. The van der Waals surface area contributed by atoms with Gasteiger partial charge in [0.1, 0.15) is 0 Å². The summed E-state index contributed by atoms with van der Waals surface area (Å²) in [5.41, 5.74) is 4.15. The summed E-state index contributed by atoms with van der Waals surface area (Å²) in [6, 6.07) is 21.7. The Balaban J connectivity index is 1.48. The summed E-state index contributed by atoms with van der Waals surface area (Å²) in [5.74, 6) is -0.394. The van der Waals surface area contributed by atoms with Crippen molar-refractivity contribution in [2.75, 3.05) is 0 Å². The molecule has 0 saturated heterocycles. The number of nitrogens with one attached hydrogen (secondary N) is 1. The maximum absolute atomic E-state index is 12.6. The maximum Gasteiger partial charge on any atom is 0.270 e. The molecule has 4 aromatic rings. The standard InChI is InChI=1S/C24H19ClN4O3/c25-23-14-20(29(31)32)10-11-22(23)24(30)26-15-19-4-1-2-5-21(19)18-8-6-17(7-9-18)16-28-13-3-12-27-28/h1-14H,15-16H2,(H,26,30). The third-order valence-corrected chi connectivity index (χ3v) is 5.35. The minimum absolute atomic E-state index is 0.0396. The first kappa shape index (κ1) is 21.3. The van der Waals surface area contributed by atoms with Gasteiger partial charge in [-0.05, 0) is 34.4 Å². The quantitative estimate of drug-likeness (QED) is 0.316. The molecule has 0 aliphatic carbocycles. The summed E-state index contributed by atoms with van der Waals surface area (Å²) < 4.78 is 1.86. The van der Waals surface area contributed by atoms with Crippen LogP contribution < -0.4 is 5.32 Å². The topological polar surface area (TPSA) is 90.1 Å². The zero-order chi connectivity index (χ0) is 22.5. The zero-order valence-corrected chi connectivity index (χ0v) is 17.7. The van der Waals surface area contributed by atoms with E-state index in [1.54, 1.807) is 6.20 Å². The van der Waals surface area contributed by atoms with Gasteiger partial charge in [-0.1, -0.05) is 60.1 Å².